The Hall–Kier alpha value is -0.800. The van der Waals surface area contributed by atoms with Crippen LogP contribution in [-0.4, -0.2) is 0 Å². The van der Waals surface area contributed by atoms with Crippen LogP contribution < -0.4 is 5.73 Å². The Balaban J connectivity index is 2.36. The highest BCUT2D eigenvalue weighted by Gasteiger charge is 2.14. The number of halogens is 1. The van der Waals surface area contributed by atoms with Gasteiger partial charge in [-0.15, -0.1) is 0 Å². The Morgan fingerprint density at radius 1 is 1.38 bits per heavy atom. The average molecular weight is 282 g/mol. The van der Waals surface area contributed by atoms with E-state index in [1.54, 1.807) is 0 Å². The summed E-state index contributed by atoms with van der Waals surface area (Å²) in [5.41, 5.74) is 6.99. The quantitative estimate of drug-likeness (QED) is 0.914. The topological polar surface area (TPSA) is 39.2 Å². The van der Waals surface area contributed by atoms with Gasteiger partial charge in [0.2, 0.25) is 0 Å². The number of fused-ring (bicyclic) bond motifs is 1. The van der Waals surface area contributed by atoms with Gasteiger partial charge in [-0.1, -0.05) is 26.0 Å². The van der Waals surface area contributed by atoms with Crippen LogP contribution in [0.5, 0.6) is 0 Å². The molecule has 1 heterocycles. The summed E-state index contributed by atoms with van der Waals surface area (Å²) in [5.74, 6) is 1.45. The van der Waals surface area contributed by atoms with E-state index in [1.807, 2.05) is 24.3 Å². The molecule has 1 atom stereocenters. The van der Waals surface area contributed by atoms with Gasteiger partial charge in [0.15, 0.2) is 0 Å². The summed E-state index contributed by atoms with van der Waals surface area (Å²) in [6.45, 7) is 4.33. The van der Waals surface area contributed by atoms with Gasteiger partial charge in [-0.3, -0.25) is 0 Å². The van der Waals surface area contributed by atoms with Crippen LogP contribution in [0.15, 0.2) is 33.2 Å². The number of nitrogens with two attached hydrogens (primary N) is 1. The summed E-state index contributed by atoms with van der Waals surface area (Å²) in [7, 11) is 0. The molecule has 0 radical (unpaired) electrons. The average Bonchev–Trinajstić information content (AvgIpc) is 2.61. The fourth-order valence-corrected chi connectivity index (χ4v) is 2.32. The van der Waals surface area contributed by atoms with E-state index in [-0.39, 0.29) is 6.04 Å². The Morgan fingerprint density at radius 2 is 2.12 bits per heavy atom. The van der Waals surface area contributed by atoms with Gasteiger partial charge in [-0.2, -0.15) is 0 Å². The summed E-state index contributed by atoms with van der Waals surface area (Å²) < 4.78 is 6.77. The Bertz CT molecular complexity index is 490. The molecule has 0 saturated heterocycles. The molecule has 2 N–H and O–H groups in total. The maximum atomic E-state index is 6.10. The second-order valence-corrected chi connectivity index (χ2v) is 5.40. The molecule has 2 aromatic rings. The van der Waals surface area contributed by atoms with Crippen LogP contribution in [0.4, 0.5) is 0 Å². The van der Waals surface area contributed by atoms with Crippen molar-refractivity contribution in [1.82, 2.24) is 0 Å². The van der Waals surface area contributed by atoms with Gasteiger partial charge in [0.1, 0.15) is 11.3 Å². The van der Waals surface area contributed by atoms with E-state index in [2.05, 4.69) is 29.8 Å². The standard InChI is InChI=1S/C13H16BrNO/c1-8(2)6-11(15)12-7-9-4-3-5-10(14)13(9)16-12/h3-5,7-8,11H,6,15H2,1-2H3/t11-/m1/s1. The van der Waals surface area contributed by atoms with Crippen LogP contribution in [-0.2, 0) is 0 Å². The monoisotopic (exact) mass is 281 g/mol. The number of hydrogen-bond acceptors (Lipinski definition) is 2. The minimum absolute atomic E-state index is 0.0145. The molecule has 1 aromatic heterocycles. The van der Waals surface area contributed by atoms with E-state index in [1.165, 1.54) is 0 Å². The first kappa shape index (κ1) is 11.7. The number of furan rings is 1. The van der Waals surface area contributed by atoms with E-state index in [0.29, 0.717) is 5.92 Å². The van der Waals surface area contributed by atoms with E-state index in [9.17, 15) is 0 Å². The Morgan fingerprint density at radius 3 is 2.75 bits per heavy atom. The fraction of sp³-hybridized carbons (Fsp3) is 0.385. The lowest BCUT2D eigenvalue weighted by atomic mass is 10.0. The maximum absolute atomic E-state index is 6.10. The lowest BCUT2D eigenvalue weighted by molar-refractivity contribution is 0.431. The molecule has 0 aliphatic rings. The fourth-order valence-electron chi connectivity index (χ4n) is 1.85. The van der Waals surface area contributed by atoms with Crippen molar-refractivity contribution < 1.29 is 4.42 Å². The first-order valence-electron chi connectivity index (χ1n) is 5.51. The van der Waals surface area contributed by atoms with Crippen molar-refractivity contribution in [1.29, 1.82) is 0 Å². The smallest absolute Gasteiger partial charge is 0.148 e. The van der Waals surface area contributed by atoms with E-state index < -0.39 is 0 Å². The molecule has 16 heavy (non-hydrogen) atoms. The second-order valence-electron chi connectivity index (χ2n) is 4.54. The number of rotatable bonds is 3. The second kappa shape index (κ2) is 4.60. The van der Waals surface area contributed by atoms with Crippen LogP contribution in [0.2, 0.25) is 0 Å². The van der Waals surface area contributed by atoms with Gasteiger partial charge in [0.05, 0.1) is 10.5 Å². The maximum Gasteiger partial charge on any atom is 0.148 e. The molecule has 86 valence electrons. The zero-order valence-electron chi connectivity index (χ0n) is 9.53. The Kier molecular flexibility index (Phi) is 3.36. The highest BCUT2D eigenvalue weighted by molar-refractivity contribution is 9.10. The van der Waals surface area contributed by atoms with Gasteiger partial charge in [-0.25, -0.2) is 0 Å². The normalized spacial score (nSPS) is 13.6. The van der Waals surface area contributed by atoms with Crippen molar-refractivity contribution in [2.45, 2.75) is 26.3 Å². The predicted octanol–water partition coefficient (Wildman–Crippen LogP) is 4.24. The minimum Gasteiger partial charge on any atom is -0.458 e. The van der Waals surface area contributed by atoms with Crippen LogP contribution in [0.25, 0.3) is 11.0 Å². The zero-order chi connectivity index (χ0) is 11.7. The van der Waals surface area contributed by atoms with Crippen molar-refractivity contribution in [3.05, 3.63) is 34.5 Å². The summed E-state index contributed by atoms with van der Waals surface area (Å²) >= 11 is 3.48. The van der Waals surface area contributed by atoms with Gasteiger partial charge in [0.25, 0.3) is 0 Å². The van der Waals surface area contributed by atoms with E-state index in [4.69, 9.17) is 10.2 Å². The van der Waals surface area contributed by atoms with Gasteiger partial charge < -0.3 is 10.2 Å². The summed E-state index contributed by atoms with van der Waals surface area (Å²) in [6, 6.07) is 8.03. The summed E-state index contributed by atoms with van der Waals surface area (Å²) in [5, 5.41) is 1.10. The number of hydrogen-bond donors (Lipinski definition) is 1. The molecule has 2 rings (SSSR count). The summed E-state index contributed by atoms with van der Waals surface area (Å²) in [6.07, 6.45) is 0.942. The molecular formula is C13H16BrNO. The molecule has 0 aliphatic carbocycles. The van der Waals surface area contributed by atoms with Crippen LogP contribution in [0.3, 0.4) is 0 Å². The molecule has 0 fully saturated rings. The molecular weight excluding hydrogens is 266 g/mol. The molecule has 2 nitrogen and oxygen atoms in total. The largest absolute Gasteiger partial charge is 0.458 e. The van der Waals surface area contributed by atoms with Crippen molar-refractivity contribution in [2.75, 3.05) is 0 Å². The lowest BCUT2D eigenvalue weighted by Crippen LogP contribution is -2.11. The first-order valence-corrected chi connectivity index (χ1v) is 6.30. The molecule has 1 aromatic carbocycles. The molecule has 3 heteroatoms. The van der Waals surface area contributed by atoms with E-state index in [0.717, 1.165) is 27.6 Å². The third-order valence-electron chi connectivity index (χ3n) is 2.61. The van der Waals surface area contributed by atoms with Crippen LogP contribution in [0.1, 0.15) is 32.1 Å². The third-order valence-corrected chi connectivity index (χ3v) is 3.23. The highest BCUT2D eigenvalue weighted by atomic mass is 79.9. The minimum atomic E-state index is -0.0145. The van der Waals surface area contributed by atoms with Crippen molar-refractivity contribution in [3.8, 4) is 0 Å². The molecule has 0 saturated carbocycles. The van der Waals surface area contributed by atoms with E-state index >= 15 is 0 Å². The number of benzene rings is 1. The van der Waals surface area contributed by atoms with Crippen molar-refractivity contribution in [3.63, 3.8) is 0 Å². The molecule has 0 unspecified atom stereocenters. The number of para-hydroxylation sites is 1. The molecule has 0 aliphatic heterocycles. The predicted molar refractivity (Wildman–Crippen MR) is 70.3 cm³/mol. The van der Waals surface area contributed by atoms with Crippen molar-refractivity contribution >= 4 is 26.9 Å². The summed E-state index contributed by atoms with van der Waals surface area (Å²) in [4.78, 5) is 0. The highest BCUT2D eigenvalue weighted by Crippen LogP contribution is 2.30. The SMILES string of the molecule is CC(C)C[C@@H](N)c1cc2cccc(Br)c2o1. The van der Waals surface area contributed by atoms with Gasteiger partial charge >= 0.3 is 0 Å². The third kappa shape index (κ3) is 2.30. The van der Waals surface area contributed by atoms with Crippen LogP contribution in [0, 0.1) is 5.92 Å². The molecule has 0 amide bonds. The first-order chi connectivity index (χ1) is 7.58. The van der Waals surface area contributed by atoms with Crippen molar-refractivity contribution in [2.24, 2.45) is 11.7 Å². The van der Waals surface area contributed by atoms with Gasteiger partial charge in [-0.05, 0) is 40.4 Å². The lowest BCUT2D eigenvalue weighted by Gasteiger charge is -2.10. The zero-order valence-corrected chi connectivity index (χ0v) is 11.1. The molecule has 0 spiro atoms. The molecule has 0 bridgehead atoms. The van der Waals surface area contributed by atoms with Crippen LogP contribution >= 0.6 is 15.9 Å². The Labute approximate surface area is 104 Å². The van der Waals surface area contributed by atoms with Gasteiger partial charge in [0, 0.05) is 5.39 Å².